The number of halogens is 1. The van der Waals surface area contributed by atoms with Gasteiger partial charge in [0.2, 0.25) is 19.3 Å². The number of sulfone groups is 1. The molecular formula is C23H19ClN4O6S2. The van der Waals surface area contributed by atoms with Crippen molar-refractivity contribution in [3.8, 4) is 17.6 Å². The Balaban J connectivity index is 1.88. The molecule has 2 aromatic carbocycles. The van der Waals surface area contributed by atoms with Crippen LogP contribution in [0.15, 0.2) is 46.3 Å². The normalized spacial score (nSPS) is 11.5. The van der Waals surface area contributed by atoms with Crippen molar-refractivity contribution < 1.29 is 27.5 Å². The summed E-state index contributed by atoms with van der Waals surface area (Å²) in [6, 6.07) is 11.5. The highest BCUT2D eigenvalue weighted by molar-refractivity contribution is 7.92. The van der Waals surface area contributed by atoms with E-state index in [0.717, 1.165) is 11.8 Å². The highest BCUT2D eigenvalue weighted by Crippen LogP contribution is 2.38. The van der Waals surface area contributed by atoms with Gasteiger partial charge in [-0.2, -0.15) is 5.26 Å². The second-order valence-electron chi connectivity index (χ2n) is 7.29. The number of nitrogens with zero attached hydrogens (tertiary/aromatic N) is 3. The number of nitrogens with one attached hydrogen (secondary N) is 1. The van der Waals surface area contributed by atoms with Gasteiger partial charge in [0.05, 0.1) is 17.2 Å². The fourth-order valence-corrected chi connectivity index (χ4v) is 4.61. The first kappa shape index (κ1) is 26.8. The highest BCUT2D eigenvalue weighted by Gasteiger charge is 2.20. The van der Waals surface area contributed by atoms with Crippen molar-refractivity contribution in [3.63, 3.8) is 0 Å². The number of aromatic nitrogens is 2. The molecule has 10 nitrogen and oxygen atoms in total. The lowest BCUT2D eigenvalue weighted by atomic mass is 10.1. The van der Waals surface area contributed by atoms with Crippen molar-refractivity contribution in [2.24, 2.45) is 0 Å². The Morgan fingerprint density at radius 1 is 1.25 bits per heavy atom. The molecule has 3 aromatic rings. The summed E-state index contributed by atoms with van der Waals surface area (Å²) in [5.41, 5.74) is 1.20. The molecule has 0 atom stereocenters. The minimum Gasteiger partial charge on any atom is -0.490 e. The van der Waals surface area contributed by atoms with Crippen LogP contribution in [-0.4, -0.2) is 43.4 Å². The van der Waals surface area contributed by atoms with E-state index in [1.54, 1.807) is 31.2 Å². The first-order valence-electron chi connectivity index (χ1n) is 10.2. The molecule has 1 heterocycles. The van der Waals surface area contributed by atoms with E-state index in [0.29, 0.717) is 22.5 Å². The smallest absolute Gasteiger partial charge is 0.343 e. The van der Waals surface area contributed by atoms with Crippen LogP contribution in [0.3, 0.4) is 0 Å². The average molecular weight is 547 g/mol. The molecular weight excluding hydrogens is 528 g/mol. The van der Waals surface area contributed by atoms with E-state index in [1.165, 1.54) is 18.2 Å². The number of benzene rings is 2. The van der Waals surface area contributed by atoms with Crippen molar-refractivity contribution in [3.05, 3.63) is 63.7 Å². The summed E-state index contributed by atoms with van der Waals surface area (Å²) in [6.45, 7) is 3.79. The van der Waals surface area contributed by atoms with Gasteiger partial charge in [-0.15, -0.1) is 10.2 Å². The third-order valence-electron chi connectivity index (χ3n) is 4.40. The summed E-state index contributed by atoms with van der Waals surface area (Å²) in [4.78, 5) is 25.2. The van der Waals surface area contributed by atoms with Gasteiger partial charge in [0.15, 0.2) is 11.5 Å². The number of ether oxygens (including phenoxy) is 2. The number of rotatable bonds is 8. The summed E-state index contributed by atoms with van der Waals surface area (Å²) in [5, 5.41) is 18.9. The van der Waals surface area contributed by atoms with Crippen molar-refractivity contribution in [1.29, 1.82) is 5.26 Å². The van der Waals surface area contributed by atoms with Crippen LogP contribution < -0.4 is 14.8 Å². The van der Waals surface area contributed by atoms with Crippen LogP contribution in [0.25, 0.3) is 6.08 Å². The van der Waals surface area contributed by atoms with E-state index < -0.39 is 21.7 Å². The van der Waals surface area contributed by atoms with E-state index in [4.69, 9.17) is 21.1 Å². The van der Waals surface area contributed by atoms with E-state index in [9.17, 15) is 23.3 Å². The van der Waals surface area contributed by atoms with Gasteiger partial charge in [0.1, 0.15) is 11.6 Å². The highest BCUT2D eigenvalue weighted by atomic mass is 35.5. The van der Waals surface area contributed by atoms with E-state index in [1.807, 2.05) is 13.0 Å². The standard InChI is InChI=1S/C23H19ClN4O6S2/c1-4-33-18-11-14(10-17(24)19(18)34-21(30)15-7-5-6-13(2)8-15)9-16(12-25)20(29)26-22-27-28-23(35-22)36(3,31)32/h5-11H,4H2,1-3H3,(H,26,27,29)/b16-9-. The van der Waals surface area contributed by atoms with Crippen LogP contribution in [0.4, 0.5) is 5.13 Å². The Kier molecular flexibility index (Phi) is 8.41. The number of hydrogen-bond acceptors (Lipinski definition) is 10. The molecule has 0 aliphatic rings. The average Bonchev–Trinajstić information content (AvgIpc) is 3.29. The lowest BCUT2D eigenvalue weighted by Gasteiger charge is -2.13. The van der Waals surface area contributed by atoms with E-state index >= 15 is 0 Å². The van der Waals surface area contributed by atoms with Crippen LogP contribution in [0.2, 0.25) is 5.02 Å². The Morgan fingerprint density at radius 3 is 2.61 bits per heavy atom. The third kappa shape index (κ3) is 6.66. The fraction of sp³-hybridized carbons (Fsp3) is 0.174. The molecule has 13 heteroatoms. The second-order valence-corrected chi connectivity index (χ2v) is 10.9. The molecule has 186 valence electrons. The molecule has 1 aromatic heterocycles. The largest absolute Gasteiger partial charge is 0.490 e. The fourth-order valence-electron chi connectivity index (χ4n) is 2.85. The minimum atomic E-state index is -3.59. The van der Waals surface area contributed by atoms with Crippen molar-refractivity contribution >= 4 is 55.9 Å². The van der Waals surface area contributed by atoms with E-state index in [2.05, 4.69) is 15.5 Å². The van der Waals surface area contributed by atoms with Crippen LogP contribution in [0, 0.1) is 18.3 Å². The Hall–Kier alpha value is -3.79. The number of anilines is 1. The Labute approximate surface area is 216 Å². The predicted octanol–water partition coefficient (Wildman–Crippen LogP) is 4.07. The number of carbonyl (C=O) groups is 2. The first-order valence-corrected chi connectivity index (χ1v) is 13.3. The molecule has 0 bridgehead atoms. The van der Waals surface area contributed by atoms with Crippen LogP contribution in [0.5, 0.6) is 11.5 Å². The van der Waals surface area contributed by atoms with Crippen molar-refractivity contribution in [2.75, 3.05) is 18.2 Å². The monoisotopic (exact) mass is 546 g/mol. The topological polar surface area (TPSA) is 148 Å². The summed E-state index contributed by atoms with van der Waals surface area (Å²) < 4.78 is 33.9. The molecule has 0 spiro atoms. The van der Waals surface area contributed by atoms with E-state index in [-0.39, 0.29) is 38.2 Å². The first-order chi connectivity index (χ1) is 17.0. The molecule has 0 fully saturated rings. The van der Waals surface area contributed by atoms with Gasteiger partial charge in [-0.1, -0.05) is 40.6 Å². The number of nitriles is 1. The SMILES string of the molecule is CCOc1cc(/C=C(/C#N)C(=O)Nc2nnc(S(C)(=O)=O)s2)cc(Cl)c1OC(=O)c1cccc(C)c1. The third-order valence-corrected chi connectivity index (χ3v) is 7.19. The van der Waals surface area contributed by atoms with Crippen molar-refractivity contribution in [1.82, 2.24) is 10.2 Å². The van der Waals surface area contributed by atoms with Gasteiger partial charge in [0, 0.05) is 6.26 Å². The van der Waals surface area contributed by atoms with Crippen LogP contribution in [-0.2, 0) is 14.6 Å². The molecule has 36 heavy (non-hydrogen) atoms. The molecule has 0 saturated carbocycles. The van der Waals surface area contributed by atoms with Gasteiger partial charge in [-0.05, 0) is 49.8 Å². The van der Waals surface area contributed by atoms with Gasteiger partial charge in [0.25, 0.3) is 5.91 Å². The zero-order chi connectivity index (χ0) is 26.5. The molecule has 1 N–H and O–H groups in total. The Bertz CT molecular complexity index is 1510. The molecule has 0 aliphatic carbocycles. The lowest BCUT2D eigenvalue weighted by molar-refractivity contribution is -0.112. The second kappa shape index (κ2) is 11.3. The number of hydrogen-bond donors (Lipinski definition) is 1. The quantitative estimate of drug-likeness (QED) is 0.145. The lowest BCUT2D eigenvalue weighted by Crippen LogP contribution is -2.13. The van der Waals surface area contributed by atoms with Crippen LogP contribution in [0.1, 0.15) is 28.4 Å². The minimum absolute atomic E-state index is 0.00713. The molecule has 0 aliphatic heterocycles. The maximum absolute atomic E-state index is 12.6. The summed E-state index contributed by atoms with van der Waals surface area (Å²) in [7, 11) is -3.59. The van der Waals surface area contributed by atoms with Gasteiger partial charge in [-0.25, -0.2) is 13.2 Å². The van der Waals surface area contributed by atoms with Gasteiger partial charge in [-0.3, -0.25) is 10.1 Å². The maximum atomic E-state index is 12.6. The van der Waals surface area contributed by atoms with Crippen LogP contribution >= 0.6 is 22.9 Å². The Morgan fingerprint density at radius 2 is 2.00 bits per heavy atom. The summed E-state index contributed by atoms with van der Waals surface area (Å²) in [6.07, 6.45) is 2.20. The zero-order valence-corrected chi connectivity index (χ0v) is 21.6. The van der Waals surface area contributed by atoms with Gasteiger partial charge >= 0.3 is 5.97 Å². The van der Waals surface area contributed by atoms with Crippen molar-refractivity contribution in [2.45, 2.75) is 18.2 Å². The molecule has 0 saturated heterocycles. The predicted molar refractivity (Wildman–Crippen MR) is 134 cm³/mol. The molecule has 0 unspecified atom stereocenters. The van der Waals surface area contributed by atoms with Gasteiger partial charge < -0.3 is 9.47 Å². The molecule has 0 radical (unpaired) electrons. The number of amides is 1. The summed E-state index contributed by atoms with van der Waals surface area (Å²) in [5.74, 6) is -1.34. The molecule has 1 amide bonds. The molecule has 3 rings (SSSR count). The number of carbonyl (C=O) groups excluding carboxylic acids is 2. The zero-order valence-electron chi connectivity index (χ0n) is 19.2. The number of aryl methyl sites for hydroxylation is 1. The maximum Gasteiger partial charge on any atom is 0.343 e. The number of esters is 1. The summed E-state index contributed by atoms with van der Waals surface area (Å²) >= 11 is 7.02.